The fourth-order valence-corrected chi connectivity index (χ4v) is 4.56. The van der Waals surface area contributed by atoms with Crippen molar-refractivity contribution in [1.82, 2.24) is 4.72 Å². The van der Waals surface area contributed by atoms with Gasteiger partial charge in [0.1, 0.15) is 5.75 Å². The summed E-state index contributed by atoms with van der Waals surface area (Å²) in [5.74, 6) is 0.747. The van der Waals surface area contributed by atoms with E-state index >= 15 is 0 Å². The molecule has 0 aromatic heterocycles. The van der Waals surface area contributed by atoms with Crippen LogP contribution < -0.4 is 9.46 Å². The van der Waals surface area contributed by atoms with Crippen molar-refractivity contribution in [1.29, 1.82) is 0 Å². The summed E-state index contributed by atoms with van der Waals surface area (Å²) in [7, 11) is -3.56. The van der Waals surface area contributed by atoms with Crippen molar-refractivity contribution < 1.29 is 13.2 Å². The van der Waals surface area contributed by atoms with Crippen molar-refractivity contribution in [3.05, 3.63) is 23.8 Å². The lowest BCUT2D eigenvalue weighted by molar-refractivity contribution is 0.269. The number of sulfonamides is 1. The molecular weight excluding hydrogens is 322 g/mol. The van der Waals surface area contributed by atoms with Crippen molar-refractivity contribution in [2.24, 2.45) is 5.41 Å². The van der Waals surface area contributed by atoms with Crippen LogP contribution in [0.5, 0.6) is 5.75 Å². The monoisotopic (exact) mass is 355 g/mol. The van der Waals surface area contributed by atoms with Crippen LogP contribution in [0, 0.1) is 12.3 Å². The maximum Gasteiger partial charge on any atom is 0.241 e. The summed E-state index contributed by atoms with van der Waals surface area (Å²) in [5, 5.41) is 0. The van der Waals surface area contributed by atoms with Crippen LogP contribution >= 0.6 is 0 Å². The third kappa shape index (κ3) is 6.81. The molecule has 5 heteroatoms. The molecule has 24 heavy (non-hydrogen) atoms. The van der Waals surface area contributed by atoms with Gasteiger partial charge >= 0.3 is 0 Å². The Balaban J connectivity index is 2.93. The molecule has 0 bridgehead atoms. The van der Waals surface area contributed by atoms with Crippen LogP contribution in [-0.2, 0) is 10.0 Å². The van der Waals surface area contributed by atoms with Crippen molar-refractivity contribution in [2.75, 3.05) is 6.61 Å². The molecule has 0 fully saturated rings. The molecule has 1 rings (SSSR count). The number of hydrogen-bond acceptors (Lipinski definition) is 3. The van der Waals surface area contributed by atoms with Crippen LogP contribution in [0.4, 0.5) is 0 Å². The highest BCUT2D eigenvalue weighted by molar-refractivity contribution is 7.89. The number of unbranched alkanes of at least 4 members (excludes halogenated alkanes) is 1. The van der Waals surface area contributed by atoms with Gasteiger partial charge in [-0.05, 0) is 62.8 Å². The Bertz CT molecular complexity index is 643. The lowest BCUT2D eigenvalue weighted by Crippen LogP contribution is -2.45. The molecule has 1 aromatic carbocycles. The number of rotatable bonds is 8. The first-order valence-electron chi connectivity index (χ1n) is 8.64. The highest BCUT2D eigenvalue weighted by Gasteiger charge is 2.30. The molecule has 1 aromatic rings. The Morgan fingerprint density at radius 2 is 1.75 bits per heavy atom. The van der Waals surface area contributed by atoms with E-state index in [1.165, 1.54) is 0 Å². The Kier molecular flexibility index (Phi) is 6.88. The van der Waals surface area contributed by atoms with E-state index in [9.17, 15) is 8.42 Å². The normalized spacial score (nSPS) is 13.1. The van der Waals surface area contributed by atoms with Crippen LogP contribution in [0.3, 0.4) is 0 Å². The van der Waals surface area contributed by atoms with Crippen LogP contribution in [0.15, 0.2) is 23.1 Å². The predicted molar refractivity (Wildman–Crippen MR) is 100 cm³/mol. The Morgan fingerprint density at radius 3 is 2.25 bits per heavy atom. The molecule has 0 radical (unpaired) electrons. The maximum absolute atomic E-state index is 12.7. The number of nitrogens with one attached hydrogen (secondary N) is 1. The van der Waals surface area contributed by atoms with E-state index in [-0.39, 0.29) is 10.3 Å². The lowest BCUT2D eigenvalue weighted by atomic mass is 9.82. The molecule has 0 heterocycles. The molecule has 0 saturated heterocycles. The van der Waals surface area contributed by atoms with Gasteiger partial charge in [0.15, 0.2) is 0 Å². The zero-order valence-electron chi connectivity index (χ0n) is 16.2. The molecule has 0 amide bonds. The van der Waals surface area contributed by atoms with Crippen molar-refractivity contribution in [3.63, 3.8) is 0 Å². The molecule has 4 nitrogen and oxygen atoms in total. The minimum atomic E-state index is -3.56. The summed E-state index contributed by atoms with van der Waals surface area (Å²) in [6.45, 7) is 14.8. The lowest BCUT2D eigenvalue weighted by Gasteiger charge is -2.33. The summed E-state index contributed by atoms with van der Waals surface area (Å²) in [6, 6.07) is 5.04. The molecule has 0 aliphatic rings. The van der Waals surface area contributed by atoms with E-state index in [0.717, 1.165) is 30.6 Å². The van der Waals surface area contributed by atoms with Crippen molar-refractivity contribution >= 4 is 10.0 Å². The highest BCUT2D eigenvalue weighted by atomic mass is 32.2. The van der Waals surface area contributed by atoms with E-state index in [1.807, 2.05) is 20.8 Å². The summed E-state index contributed by atoms with van der Waals surface area (Å²) in [6.07, 6.45) is 2.80. The highest BCUT2D eigenvalue weighted by Crippen LogP contribution is 2.29. The van der Waals surface area contributed by atoms with Crippen LogP contribution in [0.25, 0.3) is 0 Å². The van der Waals surface area contributed by atoms with E-state index < -0.39 is 15.6 Å². The average molecular weight is 356 g/mol. The van der Waals surface area contributed by atoms with Crippen LogP contribution in [0.1, 0.15) is 66.4 Å². The molecule has 0 unspecified atom stereocenters. The average Bonchev–Trinajstić information content (AvgIpc) is 2.36. The SMILES string of the molecule is CCCCOc1ccc(S(=O)(=O)NC(C)(C)CC(C)(C)C)cc1C. The zero-order chi connectivity index (χ0) is 18.6. The van der Waals surface area contributed by atoms with Gasteiger partial charge in [0.2, 0.25) is 10.0 Å². The van der Waals surface area contributed by atoms with Crippen molar-refractivity contribution in [2.45, 2.75) is 78.2 Å². The molecule has 0 atom stereocenters. The van der Waals surface area contributed by atoms with E-state index in [4.69, 9.17) is 4.74 Å². The second-order valence-electron chi connectivity index (χ2n) is 8.36. The molecular formula is C19H33NO3S. The van der Waals surface area contributed by atoms with Gasteiger partial charge in [0.25, 0.3) is 0 Å². The first-order valence-corrected chi connectivity index (χ1v) is 10.1. The molecule has 0 aliphatic carbocycles. The van der Waals surface area contributed by atoms with Crippen molar-refractivity contribution in [3.8, 4) is 5.75 Å². The zero-order valence-corrected chi connectivity index (χ0v) is 17.0. The van der Waals surface area contributed by atoms with Gasteiger partial charge in [-0.2, -0.15) is 0 Å². The van der Waals surface area contributed by atoms with Gasteiger partial charge < -0.3 is 4.74 Å². The Labute approximate surface area is 148 Å². The fourth-order valence-electron chi connectivity index (χ4n) is 3.06. The smallest absolute Gasteiger partial charge is 0.241 e. The quantitative estimate of drug-likeness (QED) is 0.690. The molecule has 0 spiro atoms. The number of hydrogen-bond donors (Lipinski definition) is 1. The minimum absolute atomic E-state index is 0.0406. The van der Waals surface area contributed by atoms with E-state index in [1.54, 1.807) is 18.2 Å². The minimum Gasteiger partial charge on any atom is -0.493 e. The third-order valence-corrected chi connectivity index (χ3v) is 5.29. The first kappa shape index (κ1) is 21.0. The largest absolute Gasteiger partial charge is 0.493 e. The van der Waals surface area contributed by atoms with Gasteiger partial charge in [-0.3, -0.25) is 0 Å². The Morgan fingerprint density at radius 1 is 1.12 bits per heavy atom. The summed E-state index contributed by atoms with van der Waals surface area (Å²) in [4.78, 5) is 0.282. The number of aryl methyl sites for hydroxylation is 1. The molecule has 0 aliphatic heterocycles. The van der Waals surface area contributed by atoms with Gasteiger partial charge in [0, 0.05) is 5.54 Å². The Hall–Kier alpha value is -1.07. The fraction of sp³-hybridized carbons (Fsp3) is 0.684. The number of benzene rings is 1. The third-order valence-electron chi connectivity index (χ3n) is 3.60. The topological polar surface area (TPSA) is 55.4 Å². The molecule has 0 saturated carbocycles. The van der Waals surface area contributed by atoms with E-state index in [0.29, 0.717) is 6.61 Å². The molecule has 1 N–H and O–H groups in total. The van der Waals surface area contributed by atoms with Gasteiger partial charge in [-0.1, -0.05) is 34.1 Å². The standard InChI is InChI=1S/C19H33NO3S/c1-8-9-12-23-17-11-10-16(13-15(17)2)24(21,22)20-19(6,7)14-18(3,4)5/h10-11,13,20H,8-9,12,14H2,1-7H3. The molecule has 138 valence electrons. The first-order chi connectivity index (χ1) is 10.9. The predicted octanol–water partition coefficient (Wildman–Crippen LogP) is 4.67. The summed E-state index contributed by atoms with van der Waals surface area (Å²) < 4.78 is 33.9. The van der Waals surface area contributed by atoms with Gasteiger partial charge in [-0.15, -0.1) is 0 Å². The van der Waals surface area contributed by atoms with Crippen LogP contribution in [0.2, 0.25) is 0 Å². The maximum atomic E-state index is 12.7. The van der Waals surface area contributed by atoms with Crippen LogP contribution in [-0.4, -0.2) is 20.6 Å². The van der Waals surface area contributed by atoms with Gasteiger partial charge in [-0.25, -0.2) is 13.1 Å². The second-order valence-corrected chi connectivity index (χ2v) is 10.0. The second kappa shape index (κ2) is 7.87. The van der Waals surface area contributed by atoms with E-state index in [2.05, 4.69) is 32.4 Å². The summed E-state index contributed by atoms with van der Waals surface area (Å²) >= 11 is 0. The number of ether oxygens (including phenoxy) is 1. The van der Waals surface area contributed by atoms with Gasteiger partial charge in [0.05, 0.1) is 11.5 Å². The summed E-state index contributed by atoms with van der Waals surface area (Å²) in [5.41, 5.74) is 0.364.